The van der Waals surface area contributed by atoms with Crippen LogP contribution < -0.4 is 14.4 Å². The van der Waals surface area contributed by atoms with Crippen molar-refractivity contribution in [2.45, 2.75) is 38.6 Å². The monoisotopic (exact) mass is 398 g/mol. The topological polar surface area (TPSA) is 93.6 Å². The Labute approximate surface area is 170 Å². The Morgan fingerprint density at radius 1 is 1.14 bits per heavy atom. The molecule has 0 aromatic carbocycles. The Hall–Kier alpha value is -2.97. The van der Waals surface area contributed by atoms with E-state index in [1.54, 1.807) is 6.33 Å². The molecule has 9 nitrogen and oxygen atoms in total. The molecule has 1 saturated heterocycles. The van der Waals surface area contributed by atoms with E-state index in [2.05, 4.69) is 31.8 Å². The fourth-order valence-corrected chi connectivity index (χ4v) is 4.36. The summed E-state index contributed by atoms with van der Waals surface area (Å²) in [6, 6.07) is 0.199. The van der Waals surface area contributed by atoms with Crippen molar-refractivity contribution in [3.05, 3.63) is 29.5 Å². The first-order valence-corrected chi connectivity index (χ1v) is 9.99. The number of hydrogen-bond acceptors (Lipinski definition) is 8. The second kappa shape index (κ2) is 8.18. The SMILES string of the molecule is CCN(c1ncnc2c1CCC2)C1CCN(C(=O)c2c(OC)ncnc2OC)C1. The van der Waals surface area contributed by atoms with E-state index in [0.717, 1.165) is 43.7 Å². The molecule has 9 heteroatoms. The maximum atomic E-state index is 13.2. The minimum absolute atomic E-state index is 0.175. The molecule has 2 aromatic heterocycles. The van der Waals surface area contributed by atoms with Crippen LogP contribution in [0.4, 0.5) is 5.82 Å². The van der Waals surface area contributed by atoms with Gasteiger partial charge in [0.2, 0.25) is 11.8 Å². The van der Waals surface area contributed by atoms with Crippen molar-refractivity contribution < 1.29 is 14.3 Å². The summed E-state index contributed by atoms with van der Waals surface area (Å²) < 4.78 is 10.6. The van der Waals surface area contributed by atoms with Crippen LogP contribution in [-0.4, -0.2) is 70.6 Å². The van der Waals surface area contributed by atoms with E-state index in [-0.39, 0.29) is 29.3 Å². The van der Waals surface area contributed by atoms with Crippen molar-refractivity contribution >= 4 is 11.7 Å². The molecule has 0 saturated carbocycles. The van der Waals surface area contributed by atoms with E-state index in [1.807, 2.05) is 4.90 Å². The second-order valence-electron chi connectivity index (χ2n) is 7.22. The van der Waals surface area contributed by atoms with Gasteiger partial charge in [-0.2, -0.15) is 0 Å². The van der Waals surface area contributed by atoms with E-state index in [1.165, 1.54) is 26.1 Å². The molecule has 154 valence electrons. The van der Waals surface area contributed by atoms with Gasteiger partial charge in [-0.15, -0.1) is 0 Å². The highest BCUT2D eigenvalue weighted by Crippen LogP contribution is 2.32. The molecule has 29 heavy (non-hydrogen) atoms. The van der Waals surface area contributed by atoms with E-state index in [9.17, 15) is 4.79 Å². The number of fused-ring (bicyclic) bond motifs is 1. The predicted molar refractivity (Wildman–Crippen MR) is 107 cm³/mol. The van der Waals surface area contributed by atoms with Crippen LogP contribution in [0.5, 0.6) is 11.8 Å². The number of likely N-dealkylation sites (N-methyl/N-ethyl adjacent to an activating group) is 1. The van der Waals surface area contributed by atoms with Crippen molar-refractivity contribution in [3.63, 3.8) is 0 Å². The van der Waals surface area contributed by atoms with Crippen molar-refractivity contribution in [2.75, 3.05) is 38.8 Å². The van der Waals surface area contributed by atoms with Crippen molar-refractivity contribution in [1.29, 1.82) is 0 Å². The molecule has 1 fully saturated rings. The van der Waals surface area contributed by atoms with Crippen LogP contribution >= 0.6 is 0 Å². The molecule has 4 rings (SSSR count). The predicted octanol–water partition coefficient (Wildman–Crippen LogP) is 1.51. The summed E-state index contributed by atoms with van der Waals surface area (Å²) in [5.74, 6) is 1.30. The molecular weight excluding hydrogens is 372 g/mol. The van der Waals surface area contributed by atoms with Gasteiger partial charge in [0.05, 0.1) is 14.2 Å². The molecule has 0 bridgehead atoms. The smallest absolute Gasteiger partial charge is 0.264 e. The summed E-state index contributed by atoms with van der Waals surface area (Å²) in [4.78, 5) is 34.5. The Balaban J connectivity index is 1.56. The third-order valence-electron chi connectivity index (χ3n) is 5.73. The zero-order chi connectivity index (χ0) is 20.4. The fourth-order valence-electron chi connectivity index (χ4n) is 4.36. The van der Waals surface area contributed by atoms with Gasteiger partial charge in [-0.1, -0.05) is 0 Å². The first-order chi connectivity index (χ1) is 14.2. The number of amides is 1. The fraction of sp³-hybridized carbons (Fsp3) is 0.550. The third kappa shape index (κ3) is 3.45. The number of methoxy groups -OCH3 is 2. The molecule has 1 aliphatic carbocycles. The van der Waals surface area contributed by atoms with Crippen LogP contribution in [0.2, 0.25) is 0 Å². The van der Waals surface area contributed by atoms with Gasteiger partial charge >= 0.3 is 0 Å². The van der Waals surface area contributed by atoms with E-state index < -0.39 is 0 Å². The number of likely N-dealkylation sites (tertiary alicyclic amines) is 1. The van der Waals surface area contributed by atoms with Crippen molar-refractivity contribution in [3.8, 4) is 11.8 Å². The Kier molecular flexibility index (Phi) is 5.46. The molecule has 2 aromatic rings. The largest absolute Gasteiger partial charge is 0.480 e. The van der Waals surface area contributed by atoms with Gasteiger partial charge in [-0.25, -0.2) is 19.9 Å². The molecular formula is C20H26N6O3. The van der Waals surface area contributed by atoms with Crippen molar-refractivity contribution in [2.24, 2.45) is 0 Å². The van der Waals surface area contributed by atoms with Crippen LogP contribution in [0.1, 0.15) is 41.4 Å². The van der Waals surface area contributed by atoms with Gasteiger partial charge in [0, 0.05) is 36.9 Å². The van der Waals surface area contributed by atoms with Gasteiger partial charge < -0.3 is 19.3 Å². The molecule has 0 spiro atoms. The average Bonchev–Trinajstić information content (AvgIpc) is 3.43. The minimum atomic E-state index is -0.175. The number of carbonyl (C=O) groups is 1. The van der Waals surface area contributed by atoms with Crippen molar-refractivity contribution in [1.82, 2.24) is 24.8 Å². The highest BCUT2D eigenvalue weighted by atomic mass is 16.5. The molecule has 1 amide bonds. The maximum Gasteiger partial charge on any atom is 0.264 e. The molecule has 1 unspecified atom stereocenters. The van der Waals surface area contributed by atoms with Crippen LogP contribution in [0.15, 0.2) is 12.7 Å². The molecule has 1 aliphatic heterocycles. The lowest BCUT2D eigenvalue weighted by molar-refractivity contribution is 0.0781. The average molecular weight is 398 g/mol. The molecule has 2 aliphatic rings. The number of carbonyl (C=O) groups excluding carboxylic acids is 1. The molecule has 3 heterocycles. The number of nitrogens with zero attached hydrogens (tertiary/aromatic N) is 6. The van der Waals surface area contributed by atoms with E-state index >= 15 is 0 Å². The molecule has 1 atom stereocenters. The number of ether oxygens (including phenoxy) is 2. The van der Waals surface area contributed by atoms with Gasteiger partial charge in [-0.3, -0.25) is 4.79 Å². The normalized spacial score (nSPS) is 17.9. The number of anilines is 1. The summed E-state index contributed by atoms with van der Waals surface area (Å²) in [6.07, 6.45) is 7.03. The van der Waals surface area contributed by atoms with Gasteiger partial charge in [0.25, 0.3) is 5.91 Å². The lowest BCUT2D eigenvalue weighted by Crippen LogP contribution is -2.40. The number of hydrogen-bond donors (Lipinski definition) is 0. The van der Waals surface area contributed by atoms with Crippen LogP contribution in [0, 0.1) is 0 Å². The quantitative estimate of drug-likeness (QED) is 0.723. The first-order valence-electron chi connectivity index (χ1n) is 9.99. The number of aromatic nitrogens is 4. The summed E-state index contributed by atoms with van der Waals surface area (Å²) in [5, 5.41) is 0. The second-order valence-corrected chi connectivity index (χ2v) is 7.22. The summed E-state index contributed by atoms with van der Waals surface area (Å²) in [5.41, 5.74) is 2.69. The zero-order valence-corrected chi connectivity index (χ0v) is 17.1. The lowest BCUT2D eigenvalue weighted by atomic mass is 10.1. The Morgan fingerprint density at radius 2 is 1.86 bits per heavy atom. The van der Waals surface area contributed by atoms with Crippen LogP contribution in [0.25, 0.3) is 0 Å². The Bertz CT molecular complexity index is 884. The summed E-state index contributed by atoms with van der Waals surface area (Å²) in [6.45, 7) is 4.21. The highest BCUT2D eigenvalue weighted by Gasteiger charge is 2.35. The Morgan fingerprint density at radius 3 is 2.55 bits per heavy atom. The van der Waals surface area contributed by atoms with Gasteiger partial charge in [-0.05, 0) is 32.6 Å². The highest BCUT2D eigenvalue weighted by molar-refractivity contribution is 5.98. The lowest BCUT2D eigenvalue weighted by Gasteiger charge is -2.30. The van der Waals surface area contributed by atoms with Gasteiger partial charge in [0.15, 0.2) is 5.56 Å². The summed E-state index contributed by atoms with van der Waals surface area (Å²) >= 11 is 0. The van der Waals surface area contributed by atoms with E-state index in [0.29, 0.717) is 13.1 Å². The zero-order valence-electron chi connectivity index (χ0n) is 17.1. The van der Waals surface area contributed by atoms with Crippen LogP contribution in [0.3, 0.4) is 0 Å². The molecule has 0 N–H and O–H groups in total. The molecule has 0 radical (unpaired) electrons. The minimum Gasteiger partial charge on any atom is -0.480 e. The standard InChI is InChI=1S/C20H26N6O3/c1-4-26(17-14-6-5-7-15(14)21-11-22-17)13-8-9-25(10-13)20(27)16-18(28-2)23-12-24-19(16)29-3/h11-13H,4-10H2,1-3H3. The summed E-state index contributed by atoms with van der Waals surface area (Å²) in [7, 11) is 2.97. The number of aryl methyl sites for hydroxylation is 1. The van der Waals surface area contributed by atoms with Crippen LogP contribution in [-0.2, 0) is 12.8 Å². The third-order valence-corrected chi connectivity index (χ3v) is 5.73. The van der Waals surface area contributed by atoms with Gasteiger partial charge in [0.1, 0.15) is 18.5 Å². The first kappa shape index (κ1) is 19.4. The number of rotatable bonds is 6. The van der Waals surface area contributed by atoms with E-state index in [4.69, 9.17) is 9.47 Å². The maximum absolute atomic E-state index is 13.2.